The first-order valence-electron chi connectivity index (χ1n) is 7.87. The van der Waals surface area contributed by atoms with E-state index in [0.29, 0.717) is 30.8 Å². The lowest BCUT2D eigenvalue weighted by Gasteiger charge is -2.23. The fourth-order valence-electron chi connectivity index (χ4n) is 2.96. The summed E-state index contributed by atoms with van der Waals surface area (Å²) in [5.74, 6) is -0.547. The monoisotopic (exact) mass is 393 g/mol. The third-order valence-corrected chi connectivity index (χ3v) is 4.18. The minimum atomic E-state index is -5.02. The molecule has 1 aliphatic heterocycles. The Morgan fingerprint density at radius 1 is 1.11 bits per heavy atom. The van der Waals surface area contributed by atoms with Crippen LogP contribution in [0, 0.1) is 6.92 Å². The van der Waals surface area contributed by atoms with Gasteiger partial charge in [-0.25, -0.2) is 0 Å². The summed E-state index contributed by atoms with van der Waals surface area (Å²) in [5.41, 5.74) is -3.77. The molecule has 11 heteroatoms. The van der Waals surface area contributed by atoms with Gasteiger partial charge >= 0.3 is 12.4 Å². The molecule has 0 saturated carbocycles. The van der Waals surface area contributed by atoms with Gasteiger partial charge in [0.25, 0.3) is 5.91 Å². The van der Waals surface area contributed by atoms with Gasteiger partial charge in [-0.3, -0.25) is 4.79 Å². The van der Waals surface area contributed by atoms with Gasteiger partial charge in [0.05, 0.1) is 11.1 Å². The molecule has 1 amide bonds. The summed E-state index contributed by atoms with van der Waals surface area (Å²) in [6.45, 7) is 1.71. The second-order valence-corrected chi connectivity index (χ2v) is 6.13. The van der Waals surface area contributed by atoms with Crippen molar-refractivity contribution in [2.75, 3.05) is 6.54 Å². The highest BCUT2D eigenvalue weighted by atomic mass is 19.4. The third-order valence-electron chi connectivity index (χ3n) is 4.18. The molecule has 0 N–H and O–H groups in total. The van der Waals surface area contributed by atoms with Gasteiger partial charge in [-0.05, 0) is 38.0 Å². The number of aryl methyl sites for hydroxylation is 1. The number of hydrogen-bond acceptors (Lipinski definition) is 4. The van der Waals surface area contributed by atoms with E-state index in [1.54, 1.807) is 6.92 Å². The van der Waals surface area contributed by atoms with Crippen LogP contribution in [0.4, 0.5) is 26.3 Å². The molecule has 2 aromatic rings. The summed E-state index contributed by atoms with van der Waals surface area (Å²) in [6, 6.07) is 0.139. The van der Waals surface area contributed by atoms with E-state index in [-0.39, 0.29) is 18.5 Å². The van der Waals surface area contributed by atoms with Crippen LogP contribution in [0.1, 0.15) is 52.1 Å². The number of amides is 1. The number of carbonyl (C=O) groups is 1. The van der Waals surface area contributed by atoms with Crippen LogP contribution in [0.25, 0.3) is 0 Å². The van der Waals surface area contributed by atoms with Gasteiger partial charge in [0.15, 0.2) is 5.82 Å². The lowest BCUT2D eigenvalue weighted by Crippen LogP contribution is -2.31. The topological polar surface area (TPSA) is 59.2 Å². The molecule has 1 atom stereocenters. The van der Waals surface area contributed by atoms with E-state index >= 15 is 0 Å². The minimum absolute atomic E-state index is 0.0143. The van der Waals surface area contributed by atoms with Gasteiger partial charge in [-0.15, -0.1) is 0 Å². The molecule has 27 heavy (non-hydrogen) atoms. The lowest BCUT2D eigenvalue weighted by molar-refractivity contribution is -0.143. The Balaban J connectivity index is 2.00. The predicted molar refractivity (Wildman–Crippen MR) is 78.5 cm³/mol. The molecule has 3 rings (SSSR count). The van der Waals surface area contributed by atoms with Crippen molar-refractivity contribution in [1.82, 2.24) is 15.0 Å². The van der Waals surface area contributed by atoms with Crippen LogP contribution in [0.15, 0.2) is 22.7 Å². The lowest BCUT2D eigenvalue weighted by atomic mass is 10.0. The van der Waals surface area contributed by atoms with E-state index in [1.165, 1.54) is 0 Å². The van der Waals surface area contributed by atoms with Gasteiger partial charge in [0.1, 0.15) is 6.04 Å². The van der Waals surface area contributed by atoms with Gasteiger partial charge in [-0.1, -0.05) is 5.16 Å². The predicted octanol–water partition coefficient (Wildman–Crippen LogP) is 4.39. The highest BCUT2D eigenvalue weighted by Crippen LogP contribution is 2.38. The second-order valence-electron chi connectivity index (χ2n) is 6.13. The number of halogens is 6. The Labute approximate surface area is 149 Å². The van der Waals surface area contributed by atoms with Crippen LogP contribution >= 0.6 is 0 Å². The van der Waals surface area contributed by atoms with Gasteiger partial charge in [-0.2, -0.15) is 31.3 Å². The maximum Gasteiger partial charge on any atom is 0.416 e. The Hall–Kier alpha value is -2.59. The molecule has 1 aliphatic rings. The largest absolute Gasteiger partial charge is 0.416 e. The molecule has 1 unspecified atom stereocenters. The summed E-state index contributed by atoms with van der Waals surface area (Å²) in [4.78, 5) is 17.9. The average molecular weight is 393 g/mol. The average Bonchev–Trinajstić information content (AvgIpc) is 3.20. The summed E-state index contributed by atoms with van der Waals surface area (Å²) in [5, 5.41) is 3.60. The number of benzene rings is 1. The highest BCUT2D eigenvalue weighted by molar-refractivity contribution is 5.95. The van der Waals surface area contributed by atoms with Crippen molar-refractivity contribution >= 4 is 5.91 Å². The van der Waals surface area contributed by atoms with Crippen molar-refractivity contribution in [2.45, 2.75) is 38.2 Å². The van der Waals surface area contributed by atoms with Gasteiger partial charge in [0, 0.05) is 12.1 Å². The molecule has 1 aromatic heterocycles. The van der Waals surface area contributed by atoms with Crippen LogP contribution in [-0.2, 0) is 12.4 Å². The maximum absolute atomic E-state index is 13.0. The van der Waals surface area contributed by atoms with Gasteiger partial charge in [0.2, 0.25) is 5.89 Å². The summed E-state index contributed by atoms with van der Waals surface area (Å²) < 4.78 is 83.0. The van der Waals surface area contributed by atoms with Crippen LogP contribution in [0.3, 0.4) is 0 Å². The molecule has 2 heterocycles. The Kier molecular flexibility index (Phi) is 4.64. The van der Waals surface area contributed by atoms with Crippen LogP contribution < -0.4 is 0 Å². The third kappa shape index (κ3) is 3.91. The number of likely N-dealkylation sites (tertiary alicyclic amines) is 1. The van der Waals surface area contributed by atoms with Crippen LogP contribution in [-0.4, -0.2) is 27.5 Å². The van der Waals surface area contributed by atoms with Crippen LogP contribution in [0.5, 0.6) is 0 Å². The normalized spacial score (nSPS) is 18.2. The minimum Gasteiger partial charge on any atom is -0.337 e. The van der Waals surface area contributed by atoms with Crippen molar-refractivity contribution in [1.29, 1.82) is 0 Å². The zero-order valence-corrected chi connectivity index (χ0v) is 13.9. The first-order valence-corrected chi connectivity index (χ1v) is 7.87. The standard InChI is InChI=1S/C16H13F6N3O2/c1-8-23-13(27-24-8)12-3-2-4-25(12)14(26)9-5-10(15(17,18)19)7-11(6-9)16(20,21)22/h5-7,12H,2-4H2,1H3. The summed E-state index contributed by atoms with van der Waals surface area (Å²) in [7, 11) is 0. The number of carbonyl (C=O) groups excluding carboxylic acids is 1. The molecular weight excluding hydrogens is 380 g/mol. The fraction of sp³-hybridized carbons (Fsp3) is 0.438. The first-order chi connectivity index (χ1) is 12.5. The molecule has 1 aromatic carbocycles. The second kappa shape index (κ2) is 6.54. The summed E-state index contributed by atoms with van der Waals surface area (Å²) >= 11 is 0. The molecule has 146 valence electrons. The maximum atomic E-state index is 13.0. The molecular formula is C16H13F6N3O2. The molecule has 5 nitrogen and oxygen atoms in total. The van der Waals surface area contributed by atoms with E-state index in [9.17, 15) is 31.1 Å². The van der Waals surface area contributed by atoms with Crippen molar-refractivity contribution in [3.63, 3.8) is 0 Å². The Bertz CT molecular complexity index is 826. The Morgan fingerprint density at radius 2 is 1.70 bits per heavy atom. The number of aromatic nitrogens is 2. The number of rotatable bonds is 2. The van der Waals surface area contributed by atoms with E-state index < -0.39 is 41.0 Å². The molecule has 0 spiro atoms. The number of alkyl halides is 6. The highest BCUT2D eigenvalue weighted by Gasteiger charge is 2.39. The van der Waals surface area contributed by atoms with Crippen LogP contribution in [0.2, 0.25) is 0 Å². The number of hydrogen-bond donors (Lipinski definition) is 0. The van der Waals surface area contributed by atoms with Gasteiger partial charge < -0.3 is 9.42 Å². The van der Waals surface area contributed by atoms with E-state index in [4.69, 9.17) is 4.52 Å². The zero-order chi connectivity index (χ0) is 20.0. The van der Waals surface area contributed by atoms with Crippen molar-refractivity contribution in [3.8, 4) is 0 Å². The molecule has 0 radical (unpaired) electrons. The van der Waals surface area contributed by atoms with E-state index in [2.05, 4.69) is 10.1 Å². The first kappa shape index (κ1) is 19.2. The van der Waals surface area contributed by atoms with E-state index in [1.807, 2.05) is 0 Å². The SMILES string of the molecule is Cc1noc(C2CCCN2C(=O)c2cc(C(F)(F)F)cc(C(F)(F)F)c2)n1. The summed E-state index contributed by atoms with van der Waals surface area (Å²) in [6.07, 6.45) is -9.13. The molecule has 0 bridgehead atoms. The van der Waals surface area contributed by atoms with Crippen molar-refractivity contribution < 1.29 is 35.7 Å². The quantitative estimate of drug-likeness (QED) is 0.710. The smallest absolute Gasteiger partial charge is 0.337 e. The molecule has 1 fully saturated rings. The van der Waals surface area contributed by atoms with Crippen molar-refractivity contribution in [2.24, 2.45) is 0 Å². The molecule has 0 aliphatic carbocycles. The van der Waals surface area contributed by atoms with Crippen molar-refractivity contribution in [3.05, 3.63) is 46.6 Å². The Morgan fingerprint density at radius 3 is 2.19 bits per heavy atom. The van der Waals surface area contributed by atoms with E-state index in [0.717, 1.165) is 4.90 Å². The fourth-order valence-corrected chi connectivity index (χ4v) is 2.96. The number of nitrogens with zero attached hydrogens (tertiary/aromatic N) is 3. The zero-order valence-electron chi connectivity index (χ0n) is 13.9. The molecule has 1 saturated heterocycles.